The van der Waals surface area contributed by atoms with E-state index in [0.717, 1.165) is 16.7 Å². The minimum Gasteiger partial charge on any atom is -0.451 e. The van der Waals surface area contributed by atoms with Crippen LogP contribution >= 0.6 is 11.6 Å². The molecule has 0 atom stereocenters. The molecule has 0 aliphatic carbocycles. The molecule has 3 nitrogen and oxygen atoms in total. The first-order valence-electron chi connectivity index (χ1n) is 8.52. The molecule has 1 amide bonds. The van der Waals surface area contributed by atoms with Crippen LogP contribution in [-0.4, -0.2) is 5.91 Å². The second-order valence-corrected chi connectivity index (χ2v) is 6.50. The lowest BCUT2D eigenvalue weighted by molar-refractivity contribution is 0.0997. The maximum Gasteiger partial charge on any atom is 0.291 e. The Morgan fingerprint density at radius 2 is 1.33 bits per heavy atom. The molecule has 0 radical (unpaired) electrons. The van der Waals surface area contributed by atoms with Gasteiger partial charge in [-0.3, -0.25) is 4.79 Å². The zero-order valence-corrected chi connectivity index (χ0v) is 15.1. The van der Waals surface area contributed by atoms with Crippen LogP contribution in [0, 0.1) is 0 Å². The average Bonchev–Trinajstić information content (AvgIpc) is 3.20. The number of hydrogen-bond acceptors (Lipinski definition) is 2. The summed E-state index contributed by atoms with van der Waals surface area (Å²) >= 11 is 5.90. The van der Waals surface area contributed by atoms with Crippen molar-refractivity contribution < 1.29 is 9.21 Å². The molecule has 1 aromatic heterocycles. The molecule has 4 aromatic rings. The normalized spacial score (nSPS) is 10.6. The van der Waals surface area contributed by atoms with Gasteiger partial charge in [0.1, 0.15) is 5.76 Å². The third kappa shape index (κ3) is 3.94. The largest absolute Gasteiger partial charge is 0.451 e. The summed E-state index contributed by atoms with van der Waals surface area (Å²) in [6.45, 7) is 0. The van der Waals surface area contributed by atoms with Gasteiger partial charge in [-0.15, -0.1) is 0 Å². The van der Waals surface area contributed by atoms with Gasteiger partial charge in [0, 0.05) is 16.3 Å². The Bertz CT molecular complexity index is 1050. The zero-order chi connectivity index (χ0) is 18.6. The van der Waals surface area contributed by atoms with E-state index in [-0.39, 0.29) is 11.7 Å². The standard InChI is InChI=1S/C23H16ClNO2/c24-19-10-6-18(7-11-19)21-14-15-22(27-21)23(26)25-20-12-8-17(9-13-20)16-4-2-1-3-5-16/h1-15H,(H,25,26). The van der Waals surface area contributed by atoms with Gasteiger partial charge in [0.05, 0.1) is 0 Å². The summed E-state index contributed by atoms with van der Waals surface area (Å²) in [5.74, 6) is 0.589. The number of carbonyl (C=O) groups is 1. The Hall–Kier alpha value is -3.30. The van der Waals surface area contributed by atoms with E-state index in [1.807, 2.05) is 54.6 Å². The minimum atomic E-state index is -0.289. The minimum absolute atomic E-state index is 0.257. The molecular formula is C23H16ClNO2. The molecule has 0 aliphatic heterocycles. The lowest BCUT2D eigenvalue weighted by atomic mass is 10.1. The quantitative estimate of drug-likeness (QED) is 0.442. The predicted octanol–water partition coefficient (Wildman–Crippen LogP) is 6.52. The van der Waals surface area contributed by atoms with E-state index in [1.54, 1.807) is 24.3 Å². The lowest BCUT2D eigenvalue weighted by Gasteiger charge is -2.06. The molecule has 3 aromatic carbocycles. The van der Waals surface area contributed by atoms with Gasteiger partial charge >= 0.3 is 0 Å². The fraction of sp³-hybridized carbons (Fsp3) is 0. The van der Waals surface area contributed by atoms with Gasteiger partial charge in [-0.1, -0.05) is 54.1 Å². The van der Waals surface area contributed by atoms with E-state index in [4.69, 9.17) is 16.0 Å². The monoisotopic (exact) mass is 373 g/mol. The number of anilines is 1. The molecule has 0 spiro atoms. The Labute approximate surface area is 162 Å². The number of halogens is 1. The Kier molecular flexibility index (Phi) is 4.77. The summed E-state index contributed by atoms with van der Waals surface area (Å²) in [5, 5.41) is 3.51. The van der Waals surface area contributed by atoms with Crippen molar-refractivity contribution in [3.8, 4) is 22.5 Å². The zero-order valence-electron chi connectivity index (χ0n) is 14.4. The highest BCUT2D eigenvalue weighted by molar-refractivity contribution is 6.30. The number of nitrogens with one attached hydrogen (secondary N) is 1. The van der Waals surface area contributed by atoms with Crippen LogP contribution in [0.4, 0.5) is 5.69 Å². The third-order valence-electron chi connectivity index (χ3n) is 4.21. The average molecular weight is 374 g/mol. The van der Waals surface area contributed by atoms with Crippen LogP contribution in [0.15, 0.2) is 95.4 Å². The van der Waals surface area contributed by atoms with Crippen LogP contribution in [0.25, 0.3) is 22.5 Å². The number of amides is 1. The van der Waals surface area contributed by atoms with Crippen LogP contribution in [0.2, 0.25) is 5.02 Å². The summed E-state index contributed by atoms with van der Waals surface area (Å²) in [6, 6.07) is 28.5. The fourth-order valence-corrected chi connectivity index (χ4v) is 2.92. The van der Waals surface area contributed by atoms with Crippen LogP contribution in [0.3, 0.4) is 0 Å². The van der Waals surface area contributed by atoms with Gasteiger partial charge in [0.2, 0.25) is 0 Å². The molecule has 1 N–H and O–H groups in total. The maximum atomic E-state index is 12.4. The molecule has 0 unspecified atom stereocenters. The maximum absolute atomic E-state index is 12.4. The van der Waals surface area contributed by atoms with Crippen molar-refractivity contribution in [3.63, 3.8) is 0 Å². The van der Waals surface area contributed by atoms with E-state index in [9.17, 15) is 4.79 Å². The van der Waals surface area contributed by atoms with E-state index in [0.29, 0.717) is 16.5 Å². The fourth-order valence-electron chi connectivity index (χ4n) is 2.80. The number of furan rings is 1. The van der Waals surface area contributed by atoms with Crippen molar-refractivity contribution in [2.24, 2.45) is 0 Å². The van der Waals surface area contributed by atoms with Crippen molar-refractivity contribution >= 4 is 23.2 Å². The number of benzene rings is 3. The lowest BCUT2D eigenvalue weighted by Crippen LogP contribution is -2.10. The van der Waals surface area contributed by atoms with Gasteiger partial charge in [-0.2, -0.15) is 0 Å². The van der Waals surface area contributed by atoms with Crippen molar-refractivity contribution in [1.29, 1.82) is 0 Å². The molecule has 0 saturated heterocycles. The van der Waals surface area contributed by atoms with E-state index in [2.05, 4.69) is 17.4 Å². The molecule has 132 valence electrons. The topological polar surface area (TPSA) is 42.2 Å². The summed E-state index contributed by atoms with van der Waals surface area (Å²) in [4.78, 5) is 12.4. The molecule has 4 rings (SSSR count). The first kappa shape index (κ1) is 17.1. The van der Waals surface area contributed by atoms with Gasteiger partial charge in [0.15, 0.2) is 5.76 Å². The summed E-state index contributed by atoms with van der Waals surface area (Å²) in [5.41, 5.74) is 3.81. The molecule has 0 bridgehead atoms. The molecule has 4 heteroatoms. The van der Waals surface area contributed by atoms with Gasteiger partial charge in [0.25, 0.3) is 5.91 Å². The van der Waals surface area contributed by atoms with Gasteiger partial charge in [-0.05, 0) is 59.7 Å². The Balaban J connectivity index is 1.47. The highest BCUT2D eigenvalue weighted by Gasteiger charge is 2.12. The molecule has 0 aliphatic rings. The number of hydrogen-bond donors (Lipinski definition) is 1. The Morgan fingerprint density at radius 3 is 2.04 bits per heavy atom. The second kappa shape index (κ2) is 7.52. The van der Waals surface area contributed by atoms with Crippen molar-refractivity contribution in [2.45, 2.75) is 0 Å². The van der Waals surface area contributed by atoms with E-state index < -0.39 is 0 Å². The second-order valence-electron chi connectivity index (χ2n) is 6.07. The summed E-state index contributed by atoms with van der Waals surface area (Å²) < 4.78 is 5.68. The first-order valence-corrected chi connectivity index (χ1v) is 8.89. The number of carbonyl (C=O) groups excluding carboxylic acids is 1. The molecule has 0 saturated carbocycles. The molecular weight excluding hydrogens is 358 g/mol. The Morgan fingerprint density at radius 1 is 0.704 bits per heavy atom. The van der Waals surface area contributed by atoms with Crippen LogP contribution in [-0.2, 0) is 0 Å². The van der Waals surface area contributed by atoms with E-state index in [1.165, 1.54) is 0 Å². The van der Waals surface area contributed by atoms with Crippen molar-refractivity contribution in [1.82, 2.24) is 0 Å². The van der Waals surface area contributed by atoms with Crippen LogP contribution < -0.4 is 5.32 Å². The van der Waals surface area contributed by atoms with Crippen LogP contribution in [0.1, 0.15) is 10.6 Å². The van der Waals surface area contributed by atoms with Gasteiger partial charge in [-0.25, -0.2) is 0 Å². The SMILES string of the molecule is O=C(Nc1ccc(-c2ccccc2)cc1)c1ccc(-c2ccc(Cl)cc2)o1. The number of rotatable bonds is 4. The molecule has 27 heavy (non-hydrogen) atoms. The van der Waals surface area contributed by atoms with E-state index >= 15 is 0 Å². The summed E-state index contributed by atoms with van der Waals surface area (Å²) in [6.07, 6.45) is 0. The first-order chi connectivity index (χ1) is 13.2. The smallest absolute Gasteiger partial charge is 0.291 e. The summed E-state index contributed by atoms with van der Waals surface area (Å²) in [7, 11) is 0. The van der Waals surface area contributed by atoms with Crippen molar-refractivity contribution in [3.05, 3.63) is 102 Å². The van der Waals surface area contributed by atoms with Crippen LogP contribution in [0.5, 0.6) is 0 Å². The highest BCUT2D eigenvalue weighted by atomic mass is 35.5. The molecule has 0 fully saturated rings. The molecule has 1 heterocycles. The van der Waals surface area contributed by atoms with Gasteiger partial charge < -0.3 is 9.73 Å². The predicted molar refractivity (Wildman–Crippen MR) is 109 cm³/mol. The third-order valence-corrected chi connectivity index (χ3v) is 4.46. The highest BCUT2D eigenvalue weighted by Crippen LogP contribution is 2.25. The van der Waals surface area contributed by atoms with Crippen molar-refractivity contribution in [2.75, 3.05) is 5.32 Å².